The summed E-state index contributed by atoms with van der Waals surface area (Å²) in [7, 11) is 0. The van der Waals surface area contributed by atoms with Crippen LogP contribution in [0.4, 0.5) is 0 Å². The number of carbonyl (C=O) groups excluding carboxylic acids is 2. The average molecular weight is 198 g/mol. The van der Waals surface area contributed by atoms with Crippen molar-refractivity contribution in [1.29, 1.82) is 0 Å². The molecule has 2 aliphatic heterocycles. The molecule has 2 aliphatic rings. The second-order valence-electron chi connectivity index (χ2n) is 3.75. The summed E-state index contributed by atoms with van der Waals surface area (Å²) >= 11 is 0. The SMILES string of the molecule is O=C1CCOCC1C(=O)C1CCCO1. The van der Waals surface area contributed by atoms with E-state index < -0.39 is 5.92 Å². The van der Waals surface area contributed by atoms with E-state index in [1.807, 2.05) is 0 Å². The van der Waals surface area contributed by atoms with E-state index in [1.165, 1.54) is 0 Å². The molecule has 4 heteroatoms. The monoisotopic (exact) mass is 198 g/mol. The molecule has 0 amide bonds. The molecule has 2 unspecified atom stereocenters. The van der Waals surface area contributed by atoms with Crippen molar-refractivity contribution in [2.75, 3.05) is 19.8 Å². The molecule has 0 spiro atoms. The first-order valence-electron chi connectivity index (χ1n) is 5.05. The van der Waals surface area contributed by atoms with Crippen molar-refractivity contribution in [3.8, 4) is 0 Å². The molecular weight excluding hydrogens is 184 g/mol. The highest BCUT2D eigenvalue weighted by molar-refractivity contribution is 6.04. The molecule has 14 heavy (non-hydrogen) atoms. The number of hydrogen-bond donors (Lipinski definition) is 0. The minimum absolute atomic E-state index is 0.0109. The van der Waals surface area contributed by atoms with Gasteiger partial charge in [-0.05, 0) is 12.8 Å². The summed E-state index contributed by atoms with van der Waals surface area (Å²) < 4.78 is 10.4. The summed E-state index contributed by atoms with van der Waals surface area (Å²) in [6.45, 7) is 1.34. The third-order valence-corrected chi connectivity index (χ3v) is 2.76. The van der Waals surface area contributed by atoms with Gasteiger partial charge in [0.05, 0.1) is 13.2 Å². The Morgan fingerprint density at radius 2 is 2.21 bits per heavy atom. The zero-order valence-corrected chi connectivity index (χ0v) is 8.03. The van der Waals surface area contributed by atoms with Crippen molar-refractivity contribution >= 4 is 11.6 Å². The molecule has 0 aromatic heterocycles. The zero-order chi connectivity index (χ0) is 9.97. The molecule has 2 saturated heterocycles. The summed E-state index contributed by atoms with van der Waals surface area (Å²) in [5.41, 5.74) is 0. The van der Waals surface area contributed by atoms with Crippen molar-refractivity contribution in [2.24, 2.45) is 5.92 Å². The smallest absolute Gasteiger partial charge is 0.174 e. The van der Waals surface area contributed by atoms with Gasteiger partial charge in [-0.2, -0.15) is 0 Å². The fourth-order valence-electron chi connectivity index (χ4n) is 1.91. The Morgan fingerprint density at radius 3 is 2.86 bits per heavy atom. The third-order valence-electron chi connectivity index (χ3n) is 2.76. The molecular formula is C10H14O4. The van der Waals surface area contributed by atoms with Gasteiger partial charge in [0.25, 0.3) is 0 Å². The summed E-state index contributed by atoms with van der Waals surface area (Å²) in [5, 5.41) is 0. The highest BCUT2D eigenvalue weighted by Crippen LogP contribution is 2.20. The molecule has 0 aliphatic carbocycles. The van der Waals surface area contributed by atoms with E-state index in [9.17, 15) is 9.59 Å². The lowest BCUT2D eigenvalue weighted by Gasteiger charge is -2.21. The second kappa shape index (κ2) is 4.19. The van der Waals surface area contributed by atoms with Crippen LogP contribution in [0.3, 0.4) is 0 Å². The minimum atomic E-state index is -0.563. The second-order valence-corrected chi connectivity index (χ2v) is 3.75. The zero-order valence-electron chi connectivity index (χ0n) is 8.03. The van der Waals surface area contributed by atoms with Crippen molar-refractivity contribution < 1.29 is 19.1 Å². The van der Waals surface area contributed by atoms with Gasteiger partial charge in [0, 0.05) is 13.0 Å². The number of Topliss-reactive ketones (excluding diaryl/α,β-unsaturated/α-hetero) is 2. The third kappa shape index (κ3) is 1.86. The molecule has 0 aromatic carbocycles. The summed E-state index contributed by atoms with van der Waals surface area (Å²) in [6.07, 6.45) is 1.68. The largest absolute Gasteiger partial charge is 0.380 e. The maximum absolute atomic E-state index is 11.8. The van der Waals surface area contributed by atoms with E-state index in [0.717, 1.165) is 12.8 Å². The molecule has 0 aromatic rings. The molecule has 2 heterocycles. The molecule has 2 fully saturated rings. The summed E-state index contributed by atoms with van der Waals surface area (Å²) in [4.78, 5) is 23.2. The molecule has 2 rings (SSSR count). The van der Waals surface area contributed by atoms with Crippen molar-refractivity contribution in [3.63, 3.8) is 0 Å². The van der Waals surface area contributed by atoms with E-state index >= 15 is 0 Å². The molecule has 2 atom stereocenters. The predicted molar refractivity (Wildman–Crippen MR) is 47.9 cm³/mol. The van der Waals surface area contributed by atoms with E-state index in [1.54, 1.807) is 0 Å². The number of hydrogen-bond acceptors (Lipinski definition) is 4. The Morgan fingerprint density at radius 1 is 1.36 bits per heavy atom. The van der Waals surface area contributed by atoms with Crippen LogP contribution in [0.25, 0.3) is 0 Å². The molecule has 0 bridgehead atoms. The lowest BCUT2D eigenvalue weighted by atomic mass is 9.92. The number of ketones is 2. The Hall–Kier alpha value is -0.740. The van der Waals surface area contributed by atoms with Gasteiger partial charge in [0.2, 0.25) is 0 Å². The van der Waals surface area contributed by atoms with Gasteiger partial charge in [0.1, 0.15) is 17.8 Å². The molecule has 0 N–H and O–H groups in total. The van der Waals surface area contributed by atoms with Crippen LogP contribution in [-0.4, -0.2) is 37.5 Å². The number of carbonyl (C=O) groups is 2. The van der Waals surface area contributed by atoms with Gasteiger partial charge < -0.3 is 9.47 Å². The summed E-state index contributed by atoms with van der Waals surface area (Å²) in [5.74, 6) is -0.629. The van der Waals surface area contributed by atoms with Crippen molar-refractivity contribution in [1.82, 2.24) is 0 Å². The fourth-order valence-corrected chi connectivity index (χ4v) is 1.91. The Kier molecular flexibility index (Phi) is 2.93. The lowest BCUT2D eigenvalue weighted by Crippen LogP contribution is -2.39. The van der Waals surface area contributed by atoms with Crippen molar-refractivity contribution in [3.05, 3.63) is 0 Å². The van der Waals surface area contributed by atoms with Gasteiger partial charge >= 0.3 is 0 Å². The first-order valence-corrected chi connectivity index (χ1v) is 5.05. The van der Waals surface area contributed by atoms with Crippen LogP contribution >= 0.6 is 0 Å². The molecule has 78 valence electrons. The fraction of sp³-hybridized carbons (Fsp3) is 0.800. The van der Waals surface area contributed by atoms with Crippen LogP contribution < -0.4 is 0 Å². The Labute approximate surface area is 82.6 Å². The lowest BCUT2D eigenvalue weighted by molar-refractivity contribution is -0.145. The van der Waals surface area contributed by atoms with Gasteiger partial charge in [0.15, 0.2) is 5.78 Å². The van der Waals surface area contributed by atoms with Crippen LogP contribution in [0.5, 0.6) is 0 Å². The molecule has 0 radical (unpaired) electrons. The average Bonchev–Trinajstić information content (AvgIpc) is 2.70. The van der Waals surface area contributed by atoms with E-state index in [0.29, 0.717) is 19.6 Å². The first-order chi connectivity index (χ1) is 6.79. The Bertz CT molecular complexity index is 243. The normalized spacial score (nSPS) is 33.3. The van der Waals surface area contributed by atoms with Crippen LogP contribution in [-0.2, 0) is 19.1 Å². The predicted octanol–water partition coefficient (Wildman–Crippen LogP) is 0.340. The highest BCUT2D eigenvalue weighted by Gasteiger charge is 2.36. The number of rotatable bonds is 2. The molecule has 0 saturated carbocycles. The van der Waals surface area contributed by atoms with Gasteiger partial charge in [-0.1, -0.05) is 0 Å². The maximum Gasteiger partial charge on any atom is 0.174 e. The maximum atomic E-state index is 11.8. The topological polar surface area (TPSA) is 52.6 Å². The number of ether oxygens (including phenoxy) is 2. The van der Waals surface area contributed by atoms with Crippen molar-refractivity contribution in [2.45, 2.75) is 25.4 Å². The van der Waals surface area contributed by atoms with E-state index in [4.69, 9.17) is 9.47 Å². The first kappa shape index (κ1) is 9.80. The quantitative estimate of drug-likeness (QED) is 0.600. The van der Waals surface area contributed by atoms with Gasteiger partial charge in [-0.15, -0.1) is 0 Å². The standard InChI is InChI=1S/C10H14O4/c11-8-3-5-13-6-7(8)10(12)9-2-1-4-14-9/h7,9H,1-6H2. The molecule has 4 nitrogen and oxygen atoms in total. The van der Waals surface area contributed by atoms with Gasteiger partial charge in [-0.25, -0.2) is 0 Å². The minimum Gasteiger partial charge on any atom is -0.380 e. The highest BCUT2D eigenvalue weighted by atomic mass is 16.5. The van der Waals surface area contributed by atoms with E-state index in [2.05, 4.69) is 0 Å². The van der Waals surface area contributed by atoms with Gasteiger partial charge in [-0.3, -0.25) is 9.59 Å². The van der Waals surface area contributed by atoms with Crippen LogP contribution in [0.1, 0.15) is 19.3 Å². The van der Waals surface area contributed by atoms with E-state index in [-0.39, 0.29) is 24.3 Å². The van der Waals surface area contributed by atoms with Crippen LogP contribution in [0.2, 0.25) is 0 Å². The summed E-state index contributed by atoms with van der Waals surface area (Å²) in [6, 6.07) is 0. The van der Waals surface area contributed by atoms with Crippen LogP contribution in [0, 0.1) is 5.92 Å². The van der Waals surface area contributed by atoms with Crippen LogP contribution in [0.15, 0.2) is 0 Å². The Balaban J connectivity index is 1.98.